The summed E-state index contributed by atoms with van der Waals surface area (Å²) in [5.74, 6) is -0.416. The minimum absolute atomic E-state index is 0.118. The van der Waals surface area contributed by atoms with Crippen LogP contribution in [0.2, 0.25) is 0 Å². The van der Waals surface area contributed by atoms with Crippen LogP contribution in [-0.2, 0) is 11.3 Å². The van der Waals surface area contributed by atoms with E-state index in [0.717, 1.165) is 18.5 Å². The van der Waals surface area contributed by atoms with Crippen LogP contribution in [0, 0.1) is 0 Å². The number of carbonyl (C=O) groups is 2. The Morgan fingerprint density at radius 1 is 1.14 bits per heavy atom. The van der Waals surface area contributed by atoms with Crippen LogP contribution in [0.3, 0.4) is 0 Å². The maximum Gasteiger partial charge on any atom is 0.405 e. The molecule has 2 aliphatic heterocycles. The van der Waals surface area contributed by atoms with Crippen molar-refractivity contribution in [2.75, 3.05) is 39.3 Å². The van der Waals surface area contributed by atoms with Crippen molar-refractivity contribution in [1.29, 1.82) is 0 Å². The Morgan fingerprint density at radius 3 is 2.39 bits per heavy atom. The maximum absolute atomic E-state index is 13.4. The molecule has 28 heavy (non-hydrogen) atoms. The molecule has 2 N–H and O–H groups in total. The van der Waals surface area contributed by atoms with Crippen LogP contribution >= 0.6 is 0 Å². The molecule has 0 aromatic heterocycles. The Balaban J connectivity index is 1.56. The van der Waals surface area contributed by atoms with E-state index >= 15 is 0 Å². The lowest BCUT2D eigenvalue weighted by Gasteiger charge is -2.35. The Labute approximate surface area is 162 Å². The van der Waals surface area contributed by atoms with E-state index in [1.165, 1.54) is 4.90 Å². The zero-order valence-electron chi connectivity index (χ0n) is 15.6. The Hall–Kier alpha value is -2.13. The second-order valence-corrected chi connectivity index (χ2v) is 7.17. The first-order valence-electron chi connectivity index (χ1n) is 9.51. The summed E-state index contributed by atoms with van der Waals surface area (Å²) in [6.45, 7) is 2.33. The van der Waals surface area contributed by atoms with Crippen molar-refractivity contribution in [2.45, 2.75) is 31.6 Å². The van der Waals surface area contributed by atoms with E-state index in [0.29, 0.717) is 44.7 Å². The quantitative estimate of drug-likeness (QED) is 0.760. The third-order valence-electron chi connectivity index (χ3n) is 5.19. The van der Waals surface area contributed by atoms with Crippen molar-refractivity contribution in [3.63, 3.8) is 0 Å². The van der Waals surface area contributed by atoms with E-state index in [4.69, 9.17) is 0 Å². The first-order valence-corrected chi connectivity index (χ1v) is 9.51. The monoisotopic (exact) mass is 398 g/mol. The van der Waals surface area contributed by atoms with Gasteiger partial charge in [0.15, 0.2) is 0 Å². The highest BCUT2D eigenvalue weighted by Crippen LogP contribution is 2.25. The lowest BCUT2D eigenvalue weighted by Crippen LogP contribution is -2.57. The van der Waals surface area contributed by atoms with Gasteiger partial charge < -0.3 is 15.5 Å². The van der Waals surface area contributed by atoms with Crippen molar-refractivity contribution >= 4 is 11.8 Å². The lowest BCUT2D eigenvalue weighted by atomic mass is 10.1. The molecule has 0 saturated carbocycles. The van der Waals surface area contributed by atoms with Crippen LogP contribution in [-0.4, -0.2) is 73.1 Å². The molecule has 9 heteroatoms. The van der Waals surface area contributed by atoms with Gasteiger partial charge in [-0.3, -0.25) is 14.5 Å². The van der Waals surface area contributed by atoms with Gasteiger partial charge in [0, 0.05) is 57.8 Å². The number of rotatable bonds is 6. The summed E-state index contributed by atoms with van der Waals surface area (Å²) in [5, 5.41) is 5.44. The number of likely N-dealkylation sites (tertiary alicyclic amines) is 1. The fourth-order valence-electron chi connectivity index (χ4n) is 3.59. The molecular weight excluding hydrogens is 373 g/mol. The van der Waals surface area contributed by atoms with Gasteiger partial charge in [0.1, 0.15) is 6.04 Å². The lowest BCUT2D eigenvalue weighted by molar-refractivity contribution is -0.183. The minimum atomic E-state index is -4.41. The molecule has 2 saturated heterocycles. The summed E-state index contributed by atoms with van der Waals surface area (Å²) in [4.78, 5) is 27.1. The predicted octanol–water partition coefficient (Wildman–Crippen LogP) is 1.37. The van der Waals surface area contributed by atoms with Crippen LogP contribution < -0.4 is 10.6 Å². The van der Waals surface area contributed by atoms with Crippen molar-refractivity contribution in [1.82, 2.24) is 20.4 Å². The summed E-state index contributed by atoms with van der Waals surface area (Å²) in [7, 11) is 0. The minimum Gasteiger partial charge on any atom is -0.350 e. The van der Waals surface area contributed by atoms with Gasteiger partial charge >= 0.3 is 6.18 Å². The van der Waals surface area contributed by atoms with Gasteiger partial charge in [0.25, 0.3) is 5.91 Å². The summed E-state index contributed by atoms with van der Waals surface area (Å²) in [6, 6.07) is 4.94. The number of amides is 2. The second-order valence-electron chi connectivity index (χ2n) is 7.17. The molecular formula is C19H25F3N4O2. The molecule has 1 aromatic rings. The Bertz CT molecular complexity index is 687. The second kappa shape index (κ2) is 8.91. The van der Waals surface area contributed by atoms with Gasteiger partial charge in [-0.05, 0) is 24.1 Å². The number of nitrogens with one attached hydrogen (secondary N) is 2. The molecule has 1 aromatic carbocycles. The van der Waals surface area contributed by atoms with E-state index in [9.17, 15) is 22.8 Å². The molecule has 2 amide bonds. The van der Waals surface area contributed by atoms with Crippen LogP contribution in [0.15, 0.2) is 24.3 Å². The van der Waals surface area contributed by atoms with Crippen LogP contribution in [0.25, 0.3) is 0 Å². The molecule has 154 valence electrons. The summed E-state index contributed by atoms with van der Waals surface area (Å²) in [6.07, 6.45) is -2.99. The fraction of sp³-hybridized carbons (Fsp3) is 0.579. The Kier molecular flexibility index (Phi) is 6.56. The molecule has 0 radical (unpaired) electrons. The standard InChI is InChI=1S/C19H25F3N4O2/c20-19(21,22)16(25-10-7-23-8-11-25)12-24-18(28)15-5-3-14(4-6-15)13-26-9-1-2-17(26)27/h3-6,16,23H,1-2,7-13H2,(H,24,28). The number of benzene rings is 1. The number of hydrogen-bond donors (Lipinski definition) is 2. The molecule has 2 aliphatic rings. The number of hydrogen-bond acceptors (Lipinski definition) is 4. The largest absolute Gasteiger partial charge is 0.405 e. The zero-order valence-corrected chi connectivity index (χ0v) is 15.6. The van der Waals surface area contributed by atoms with E-state index in [2.05, 4.69) is 10.6 Å². The zero-order chi connectivity index (χ0) is 20.1. The smallest absolute Gasteiger partial charge is 0.350 e. The topological polar surface area (TPSA) is 64.7 Å². The first kappa shape index (κ1) is 20.6. The Morgan fingerprint density at radius 2 is 1.82 bits per heavy atom. The summed E-state index contributed by atoms with van der Waals surface area (Å²) >= 11 is 0. The summed E-state index contributed by atoms with van der Waals surface area (Å²) in [5.41, 5.74) is 1.19. The SMILES string of the molecule is O=C(NCC(N1CCNCC1)C(F)(F)F)c1ccc(CN2CCCC2=O)cc1. The number of alkyl halides is 3. The van der Waals surface area contributed by atoms with Gasteiger partial charge in [0.05, 0.1) is 0 Å². The third kappa shape index (κ3) is 5.23. The van der Waals surface area contributed by atoms with Crippen molar-refractivity contribution in [3.05, 3.63) is 35.4 Å². The molecule has 1 atom stereocenters. The van der Waals surface area contributed by atoms with E-state index < -0.39 is 24.7 Å². The van der Waals surface area contributed by atoms with Crippen LogP contribution in [0.1, 0.15) is 28.8 Å². The molecule has 0 bridgehead atoms. The average molecular weight is 398 g/mol. The van der Waals surface area contributed by atoms with Crippen LogP contribution in [0.5, 0.6) is 0 Å². The van der Waals surface area contributed by atoms with E-state index in [1.807, 2.05) is 0 Å². The highest BCUT2D eigenvalue weighted by Gasteiger charge is 2.43. The maximum atomic E-state index is 13.4. The molecule has 1 unspecified atom stereocenters. The molecule has 2 fully saturated rings. The number of halogens is 3. The van der Waals surface area contributed by atoms with Crippen molar-refractivity contribution in [3.8, 4) is 0 Å². The number of carbonyl (C=O) groups excluding carboxylic acids is 2. The van der Waals surface area contributed by atoms with Gasteiger partial charge in [-0.1, -0.05) is 12.1 Å². The first-order chi connectivity index (χ1) is 13.3. The van der Waals surface area contributed by atoms with Gasteiger partial charge in [0.2, 0.25) is 5.91 Å². The number of nitrogens with zero attached hydrogens (tertiary/aromatic N) is 2. The predicted molar refractivity (Wildman–Crippen MR) is 97.7 cm³/mol. The normalized spacial score (nSPS) is 19.7. The molecule has 3 rings (SSSR count). The number of piperazine rings is 1. The molecule has 0 aliphatic carbocycles. The van der Waals surface area contributed by atoms with E-state index in [-0.39, 0.29) is 5.91 Å². The van der Waals surface area contributed by atoms with Gasteiger partial charge in [-0.15, -0.1) is 0 Å². The van der Waals surface area contributed by atoms with Crippen molar-refractivity contribution < 1.29 is 22.8 Å². The average Bonchev–Trinajstić information content (AvgIpc) is 3.07. The van der Waals surface area contributed by atoms with Crippen molar-refractivity contribution in [2.24, 2.45) is 0 Å². The highest BCUT2D eigenvalue weighted by atomic mass is 19.4. The summed E-state index contributed by atoms with van der Waals surface area (Å²) < 4.78 is 40.2. The highest BCUT2D eigenvalue weighted by molar-refractivity contribution is 5.94. The fourth-order valence-corrected chi connectivity index (χ4v) is 3.59. The third-order valence-corrected chi connectivity index (χ3v) is 5.19. The van der Waals surface area contributed by atoms with Crippen LogP contribution in [0.4, 0.5) is 13.2 Å². The van der Waals surface area contributed by atoms with E-state index in [1.54, 1.807) is 29.2 Å². The molecule has 6 nitrogen and oxygen atoms in total. The van der Waals surface area contributed by atoms with Gasteiger partial charge in [-0.2, -0.15) is 13.2 Å². The van der Waals surface area contributed by atoms with Gasteiger partial charge in [-0.25, -0.2) is 0 Å². The molecule has 2 heterocycles. The molecule has 0 spiro atoms.